The van der Waals surface area contributed by atoms with Crippen LogP contribution in [0.5, 0.6) is 11.6 Å². The second-order valence-corrected chi connectivity index (χ2v) is 7.52. The Morgan fingerprint density at radius 2 is 1.83 bits per heavy atom. The maximum atomic E-state index is 9.61. The molecule has 2 aliphatic heterocycles. The number of nitrogens with two attached hydrogens (primary N) is 1. The topological polar surface area (TPSA) is 106 Å². The zero-order valence-electron chi connectivity index (χ0n) is 14.9. The molecule has 2 unspecified atom stereocenters. The summed E-state index contributed by atoms with van der Waals surface area (Å²) in [6.07, 6.45) is 0. The Balaban J connectivity index is 1.66. The van der Waals surface area contributed by atoms with Gasteiger partial charge in [-0.1, -0.05) is 46.9 Å². The Hall–Kier alpha value is -2.79. The lowest BCUT2D eigenvalue weighted by atomic mass is 9.77. The molecule has 2 N–H and O–H groups in total. The first kappa shape index (κ1) is 19.5. The molecule has 0 saturated carbocycles. The number of nitrogens with zero attached hydrogens (tertiary/aromatic N) is 4. The largest absolute Gasteiger partial charge is 0.437 e. The van der Waals surface area contributed by atoms with E-state index in [-0.39, 0.29) is 38.8 Å². The van der Waals surface area contributed by atoms with E-state index in [1.807, 2.05) is 19.1 Å². The smallest absolute Gasteiger partial charge is 0.239 e. The number of rotatable bonds is 3. The number of aromatic nitrogens is 1. The number of benzene rings is 1. The molecule has 0 fully saturated rings. The second-order valence-electron chi connectivity index (χ2n) is 6.35. The summed E-state index contributed by atoms with van der Waals surface area (Å²) < 4.78 is 11.2. The van der Waals surface area contributed by atoms with Crippen molar-refractivity contribution in [2.45, 2.75) is 12.8 Å². The van der Waals surface area contributed by atoms with Crippen molar-refractivity contribution in [2.24, 2.45) is 21.9 Å². The van der Waals surface area contributed by atoms with Crippen LogP contribution in [0.2, 0.25) is 15.2 Å². The van der Waals surface area contributed by atoms with Crippen LogP contribution in [0.1, 0.15) is 18.4 Å². The van der Waals surface area contributed by atoms with E-state index >= 15 is 0 Å². The first-order valence-electron chi connectivity index (χ1n) is 8.38. The maximum absolute atomic E-state index is 9.61. The molecule has 0 saturated heterocycles. The second kappa shape index (κ2) is 7.56. The molecule has 3 heterocycles. The third-order valence-corrected chi connectivity index (χ3v) is 5.52. The molecule has 0 spiro atoms. The highest BCUT2D eigenvalue weighted by molar-refractivity contribution is 6.42. The van der Waals surface area contributed by atoms with E-state index in [9.17, 15) is 5.26 Å². The molecule has 2 aromatic rings. The van der Waals surface area contributed by atoms with Gasteiger partial charge in [0, 0.05) is 5.92 Å². The molecule has 2 aliphatic rings. The minimum atomic E-state index is -0.362. The fourth-order valence-corrected chi connectivity index (χ4v) is 3.75. The third kappa shape index (κ3) is 3.51. The Kier molecular flexibility index (Phi) is 5.09. The lowest BCUT2D eigenvalue weighted by Crippen LogP contribution is -2.35. The molecule has 10 heteroatoms. The predicted molar refractivity (Wildman–Crippen MR) is 110 cm³/mol. The Labute approximate surface area is 181 Å². The van der Waals surface area contributed by atoms with Crippen molar-refractivity contribution in [3.05, 3.63) is 62.5 Å². The van der Waals surface area contributed by atoms with Crippen molar-refractivity contribution in [1.82, 2.24) is 4.98 Å². The van der Waals surface area contributed by atoms with E-state index in [2.05, 4.69) is 21.3 Å². The molecule has 29 heavy (non-hydrogen) atoms. The monoisotopic (exact) mass is 447 g/mol. The number of allylic oxidation sites excluding steroid dienone is 1. The van der Waals surface area contributed by atoms with Gasteiger partial charge in [-0.05, 0) is 30.7 Å². The molecule has 0 bridgehead atoms. The molecule has 2 atom stereocenters. The van der Waals surface area contributed by atoms with Crippen molar-refractivity contribution in [3.8, 4) is 17.7 Å². The first-order chi connectivity index (χ1) is 13.9. The van der Waals surface area contributed by atoms with Crippen LogP contribution in [-0.4, -0.2) is 16.6 Å². The van der Waals surface area contributed by atoms with Gasteiger partial charge >= 0.3 is 0 Å². The minimum Gasteiger partial charge on any atom is -0.437 e. The van der Waals surface area contributed by atoms with Gasteiger partial charge in [0.25, 0.3) is 0 Å². The van der Waals surface area contributed by atoms with Crippen LogP contribution in [-0.2, 0) is 4.74 Å². The summed E-state index contributed by atoms with van der Waals surface area (Å²) in [4.78, 5) is 4.03. The molecule has 146 valence electrons. The van der Waals surface area contributed by atoms with E-state index in [1.54, 1.807) is 12.1 Å². The summed E-state index contributed by atoms with van der Waals surface area (Å²) in [7, 11) is 0. The van der Waals surface area contributed by atoms with Gasteiger partial charge in [-0.2, -0.15) is 15.3 Å². The van der Waals surface area contributed by atoms with Crippen molar-refractivity contribution < 1.29 is 9.47 Å². The normalized spacial score (nSPS) is 20.4. The number of fused-ring (bicyclic) bond motifs is 1. The van der Waals surface area contributed by atoms with E-state index in [0.29, 0.717) is 17.2 Å². The number of pyridine rings is 1. The zero-order valence-corrected chi connectivity index (χ0v) is 17.1. The van der Waals surface area contributed by atoms with Gasteiger partial charge in [0.15, 0.2) is 5.15 Å². The Morgan fingerprint density at radius 3 is 2.52 bits per heavy atom. The summed E-state index contributed by atoms with van der Waals surface area (Å²) in [5.41, 5.74) is 7.84. The van der Waals surface area contributed by atoms with Crippen molar-refractivity contribution >= 4 is 46.4 Å². The van der Waals surface area contributed by atoms with Crippen LogP contribution in [0.25, 0.3) is 0 Å². The molecule has 1 aromatic carbocycles. The molecule has 0 radical (unpaired) electrons. The number of hydrogen-bond acceptors (Lipinski definition) is 7. The number of ether oxygens (including phenoxy) is 2. The fraction of sp³-hybridized carbons (Fsp3) is 0.158. The van der Waals surface area contributed by atoms with Crippen LogP contribution >= 0.6 is 34.8 Å². The summed E-state index contributed by atoms with van der Waals surface area (Å²) in [5.74, 6) is 0.389. The molecule has 0 amide bonds. The number of hydrogen-bond donors (Lipinski definition) is 1. The Morgan fingerprint density at radius 1 is 1.10 bits per heavy atom. The number of nitriles is 1. The van der Waals surface area contributed by atoms with Crippen LogP contribution in [0.15, 0.2) is 52.0 Å². The van der Waals surface area contributed by atoms with Gasteiger partial charge in [0.1, 0.15) is 16.8 Å². The maximum Gasteiger partial charge on any atom is 0.239 e. The van der Waals surface area contributed by atoms with E-state index in [1.165, 1.54) is 6.07 Å². The highest BCUT2D eigenvalue weighted by Gasteiger charge is 2.42. The molecule has 0 aliphatic carbocycles. The first-order valence-corrected chi connectivity index (χ1v) is 9.51. The Bertz CT molecular complexity index is 1140. The van der Waals surface area contributed by atoms with E-state index in [4.69, 9.17) is 50.0 Å². The molecular weight excluding hydrogens is 437 g/mol. The van der Waals surface area contributed by atoms with Crippen molar-refractivity contribution in [1.29, 1.82) is 5.26 Å². The van der Waals surface area contributed by atoms with Gasteiger partial charge in [0.05, 0.1) is 22.2 Å². The highest BCUT2D eigenvalue weighted by Crippen LogP contribution is 2.41. The van der Waals surface area contributed by atoms with E-state index < -0.39 is 0 Å². The summed E-state index contributed by atoms with van der Waals surface area (Å²) in [5, 5.41) is 18.3. The highest BCUT2D eigenvalue weighted by atomic mass is 35.5. The van der Waals surface area contributed by atoms with Crippen LogP contribution in [0, 0.1) is 17.2 Å². The van der Waals surface area contributed by atoms with Crippen LogP contribution < -0.4 is 10.5 Å². The molecule has 1 aromatic heterocycles. The number of halogens is 3. The summed E-state index contributed by atoms with van der Waals surface area (Å²) >= 11 is 17.9. The van der Waals surface area contributed by atoms with Gasteiger partial charge < -0.3 is 15.2 Å². The predicted octanol–water partition coefficient (Wildman–Crippen LogP) is 5.05. The SMILES string of the molecule is CC1=NN=C2OC(N)=C(C#N)C(c3ccc(Oc4nc(Cl)c(Cl)cc4Cl)cc3)C12. The lowest BCUT2D eigenvalue weighted by molar-refractivity contribution is 0.353. The van der Waals surface area contributed by atoms with Crippen molar-refractivity contribution in [2.75, 3.05) is 0 Å². The molecular formula is C19H12Cl3N5O2. The average molecular weight is 449 g/mol. The third-order valence-electron chi connectivity index (χ3n) is 4.58. The standard InChI is InChI=1S/C19H12Cl3N5O2/c1-8-14-15(11(7-23)17(24)29-19(14)27-26-8)9-2-4-10(5-3-9)28-18-13(21)6-12(20)16(22)25-18/h2-6,14-15H,24H2,1H3. The van der Waals surface area contributed by atoms with Crippen molar-refractivity contribution in [3.63, 3.8) is 0 Å². The summed E-state index contributed by atoms with van der Waals surface area (Å²) in [6.45, 7) is 1.84. The lowest BCUT2D eigenvalue weighted by Gasteiger charge is -2.29. The zero-order chi connectivity index (χ0) is 20.7. The summed E-state index contributed by atoms with van der Waals surface area (Å²) in [6, 6.07) is 10.7. The van der Waals surface area contributed by atoms with Gasteiger partial charge in [-0.25, -0.2) is 0 Å². The van der Waals surface area contributed by atoms with Gasteiger partial charge in [0.2, 0.25) is 17.7 Å². The fourth-order valence-electron chi connectivity index (χ4n) is 3.23. The molecule has 7 nitrogen and oxygen atoms in total. The average Bonchev–Trinajstić information content (AvgIpc) is 3.06. The van der Waals surface area contributed by atoms with Gasteiger partial charge in [-0.15, -0.1) is 5.10 Å². The van der Waals surface area contributed by atoms with Gasteiger partial charge in [-0.3, -0.25) is 0 Å². The molecule has 4 rings (SSSR count). The van der Waals surface area contributed by atoms with Crippen LogP contribution in [0.3, 0.4) is 0 Å². The van der Waals surface area contributed by atoms with E-state index in [0.717, 1.165) is 11.3 Å². The quantitative estimate of drug-likeness (QED) is 0.662. The minimum absolute atomic E-state index is 0.0320. The van der Waals surface area contributed by atoms with Crippen LogP contribution in [0.4, 0.5) is 0 Å².